The first-order chi connectivity index (χ1) is 7.70. The van der Waals surface area contributed by atoms with Gasteiger partial charge >= 0.3 is 5.63 Å². The van der Waals surface area contributed by atoms with Crippen LogP contribution in [0.5, 0.6) is 0 Å². The molecule has 16 heavy (non-hydrogen) atoms. The van der Waals surface area contributed by atoms with Crippen molar-refractivity contribution < 1.29 is 4.42 Å². The molecule has 0 aliphatic carbocycles. The third kappa shape index (κ3) is 2.27. The van der Waals surface area contributed by atoms with Gasteiger partial charge in [-0.05, 0) is 37.1 Å². The number of benzene rings is 1. The lowest BCUT2D eigenvalue weighted by atomic mass is 10.1. The zero-order valence-corrected chi connectivity index (χ0v) is 9.88. The van der Waals surface area contributed by atoms with Gasteiger partial charge in [0.25, 0.3) is 0 Å². The van der Waals surface area contributed by atoms with Crippen molar-refractivity contribution in [3.8, 4) is 0 Å². The van der Waals surface area contributed by atoms with E-state index in [2.05, 4.69) is 6.92 Å². The monoisotopic (exact) mass is 236 g/mol. The first-order valence-corrected chi connectivity index (χ1v) is 5.81. The fourth-order valence-electron chi connectivity index (χ4n) is 1.68. The first-order valence-electron chi connectivity index (χ1n) is 5.43. The minimum absolute atomic E-state index is 0.233. The summed E-state index contributed by atoms with van der Waals surface area (Å²) in [5, 5.41) is 1.54. The van der Waals surface area contributed by atoms with Crippen LogP contribution < -0.4 is 5.63 Å². The lowest BCUT2D eigenvalue weighted by molar-refractivity contribution is 0.547. The summed E-state index contributed by atoms with van der Waals surface area (Å²) in [6.45, 7) is 2.10. The minimum atomic E-state index is -0.233. The molecule has 2 nitrogen and oxygen atoms in total. The van der Waals surface area contributed by atoms with Crippen molar-refractivity contribution in [1.29, 1.82) is 0 Å². The van der Waals surface area contributed by atoms with Crippen LogP contribution in [0.3, 0.4) is 0 Å². The van der Waals surface area contributed by atoms with Gasteiger partial charge in [-0.3, -0.25) is 0 Å². The lowest BCUT2D eigenvalue weighted by Gasteiger charge is -2.01. The SMILES string of the molecule is CCCCc1cc2cc(Cl)ccc2oc1=O. The Morgan fingerprint density at radius 3 is 2.88 bits per heavy atom. The van der Waals surface area contributed by atoms with Crippen LogP contribution in [-0.4, -0.2) is 0 Å². The third-order valence-corrected chi connectivity index (χ3v) is 2.80. The average Bonchev–Trinajstić information content (AvgIpc) is 2.27. The highest BCUT2D eigenvalue weighted by atomic mass is 35.5. The molecule has 2 rings (SSSR count). The standard InChI is InChI=1S/C13H13ClO2/c1-2-3-4-9-7-10-8-11(14)5-6-12(10)16-13(9)15/h5-8H,2-4H2,1H3. The number of hydrogen-bond donors (Lipinski definition) is 0. The molecular weight excluding hydrogens is 224 g/mol. The number of hydrogen-bond acceptors (Lipinski definition) is 2. The average molecular weight is 237 g/mol. The number of rotatable bonds is 3. The summed E-state index contributed by atoms with van der Waals surface area (Å²) in [4.78, 5) is 11.6. The molecule has 0 amide bonds. The van der Waals surface area contributed by atoms with Crippen LogP contribution in [0.4, 0.5) is 0 Å². The van der Waals surface area contributed by atoms with Gasteiger partial charge in [0.15, 0.2) is 0 Å². The van der Waals surface area contributed by atoms with E-state index in [1.807, 2.05) is 12.1 Å². The van der Waals surface area contributed by atoms with Crippen LogP contribution in [0.2, 0.25) is 5.02 Å². The van der Waals surface area contributed by atoms with Crippen LogP contribution in [-0.2, 0) is 6.42 Å². The van der Waals surface area contributed by atoms with Gasteiger partial charge in [-0.1, -0.05) is 24.9 Å². The molecule has 0 saturated heterocycles. The van der Waals surface area contributed by atoms with Gasteiger partial charge in [0.2, 0.25) is 0 Å². The van der Waals surface area contributed by atoms with E-state index in [4.69, 9.17) is 16.0 Å². The fourth-order valence-corrected chi connectivity index (χ4v) is 1.86. The van der Waals surface area contributed by atoms with Crippen LogP contribution in [0.25, 0.3) is 11.0 Å². The molecule has 0 radical (unpaired) electrons. The summed E-state index contributed by atoms with van der Waals surface area (Å²) in [6.07, 6.45) is 2.82. The van der Waals surface area contributed by atoms with Crippen molar-refractivity contribution in [3.63, 3.8) is 0 Å². The van der Waals surface area contributed by atoms with Crippen LogP contribution >= 0.6 is 11.6 Å². The zero-order chi connectivity index (χ0) is 11.5. The maximum Gasteiger partial charge on any atom is 0.339 e. The van der Waals surface area contributed by atoms with Crippen molar-refractivity contribution >= 4 is 22.6 Å². The molecule has 84 valence electrons. The van der Waals surface area contributed by atoms with Gasteiger partial charge in [0.1, 0.15) is 5.58 Å². The normalized spacial score (nSPS) is 10.9. The Balaban J connectivity index is 2.51. The number of halogens is 1. The predicted octanol–water partition coefficient (Wildman–Crippen LogP) is 3.79. The van der Waals surface area contributed by atoms with Crippen molar-refractivity contribution in [2.45, 2.75) is 26.2 Å². The Hall–Kier alpha value is -1.28. The van der Waals surface area contributed by atoms with Crippen molar-refractivity contribution in [1.82, 2.24) is 0 Å². The number of fused-ring (bicyclic) bond motifs is 1. The quantitative estimate of drug-likeness (QED) is 0.759. The molecule has 0 spiro atoms. The molecule has 0 bridgehead atoms. The van der Waals surface area contributed by atoms with Crippen molar-refractivity contribution in [3.05, 3.63) is 45.3 Å². The van der Waals surface area contributed by atoms with E-state index >= 15 is 0 Å². The second kappa shape index (κ2) is 4.71. The highest BCUT2D eigenvalue weighted by Gasteiger charge is 2.05. The predicted molar refractivity (Wildman–Crippen MR) is 66.1 cm³/mol. The Morgan fingerprint density at radius 2 is 2.12 bits per heavy atom. The van der Waals surface area contributed by atoms with Gasteiger partial charge < -0.3 is 4.42 Å². The van der Waals surface area contributed by atoms with E-state index in [1.165, 1.54) is 0 Å². The topological polar surface area (TPSA) is 30.2 Å². The lowest BCUT2D eigenvalue weighted by Crippen LogP contribution is -2.06. The summed E-state index contributed by atoms with van der Waals surface area (Å²) in [5.74, 6) is 0. The van der Waals surface area contributed by atoms with Crippen LogP contribution in [0, 0.1) is 0 Å². The molecule has 0 fully saturated rings. The summed E-state index contributed by atoms with van der Waals surface area (Å²) < 4.78 is 5.23. The summed E-state index contributed by atoms with van der Waals surface area (Å²) >= 11 is 5.90. The second-order valence-electron chi connectivity index (χ2n) is 3.84. The van der Waals surface area contributed by atoms with E-state index in [1.54, 1.807) is 12.1 Å². The highest BCUT2D eigenvalue weighted by molar-refractivity contribution is 6.31. The fraction of sp³-hybridized carbons (Fsp3) is 0.308. The van der Waals surface area contributed by atoms with Gasteiger partial charge in [-0.25, -0.2) is 4.79 Å². The minimum Gasteiger partial charge on any atom is -0.423 e. The maximum atomic E-state index is 11.6. The second-order valence-corrected chi connectivity index (χ2v) is 4.28. The molecule has 2 aromatic rings. The van der Waals surface area contributed by atoms with Gasteiger partial charge in [0.05, 0.1) is 0 Å². The van der Waals surface area contributed by atoms with Crippen LogP contribution in [0.1, 0.15) is 25.3 Å². The molecular formula is C13H13ClO2. The molecule has 0 aliphatic heterocycles. The molecule has 0 aliphatic rings. The highest BCUT2D eigenvalue weighted by Crippen LogP contribution is 2.19. The Kier molecular flexibility index (Phi) is 3.30. The first kappa shape index (κ1) is 11.2. The molecule has 1 heterocycles. The van der Waals surface area contributed by atoms with Crippen molar-refractivity contribution in [2.24, 2.45) is 0 Å². The Labute approximate surface area is 98.8 Å². The van der Waals surface area contributed by atoms with E-state index in [-0.39, 0.29) is 5.63 Å². The molecule has 1 aromatic heterocycles. The molecule has 0 N–H and O–H groups in total. The molecule has 0 saturated carbocycles. The van der Waals surface area contributed by atoms with Crippen molar-refractivity contribution in [2.75, 3.05) is 0 Å². The number of unbranched alkanes of at least 4 members (excludes halogenated alkanes) is 1. The Bertz CT molecular complexity index is 557. The van der Waals surface area contributed by atoms with Gasteiger partial charge in [-0.2, -0.15) is 0 Å². The Morgan fingerprint density at radius 1 is 1.31 bits per heavy atom. The largest absolute Gasteiger partial charge is 0.423 e. The summed E-state index contributed by atoms with van der Waals surface area (Å²) in [5.41, 5.74) is 1.09. The number of aryl methyl sites for hydroxylation is 1. The molecule has 3 heteroatoms. The molecule has 1 aromatic carbocycles. The van der Waals surface area contributed by atoms with Gasteiger partial charge in [0, 0.05) is 16.0 Å². The van der Waals surface area contributed by atoms with E-state index in [0.717, 1.165) is 30.2 Å². The van der Waals surface area contributed by atoms with E-state index in [9.17, 15) is 4.79 Å². The summed E-state index contributed by atoms with van der Waals surface area (Å²) in [7, 11) is 0. The van der Waals surface area contributed by atoms with E-state index < -0.39 is 0 Å². The smallest absolute Gasteiger partial charge is 0.339 e. The zero-order valence-electron chi connectivity index (χ0n) is 9.13. The molecule has 0 atom stereocenters. The third-order valence-electron chi connectivity index (χ3n) is 2.57. The van der Waals surface area contributed by atoms with Gasteiger partial charge in [-0.15, -0.1) is 0 Å². The molecule has 0 unspecified atom stereocenters. The maximum absolute atomic E-state index is 11.6. The summed E-state index contributed by atoms with van der Waals surface area (Å²) in [6, 6.07) is 7.14. The van der Waals surface area contributed by atoms with Crippen LogP contribution in [0.15, 0.2) is 33.5 Å². The van der Waals surface area contributed by atoms with E-state index in [0.29, 0.717) is 10.6 Å².